The van der Waals surface area contributed by atoms with Gasteiger partial charge >= 0.3 is 0 Å². The summed E-state index contributed by atoms with van der Waals surface area (Å²) in [4.78, 5) is 12.0. The molecule has 0 aromatic rings. The van der Waals surface area contributed by atoms with Crippen molar-refractivity contribution in [2.75, 3.05) is 0 Å². The molecule has 0 saturated carbocycles. The number of carbonyl (C=O) groups excluding carboxylic acids is 1. The molecule has 2 atom stereocenters. The first-order valence-corrected chi connectivity index (χ1v) is 14.2. The minimum atomic E-state index is 0.0825. The van der Waals surface area contributed by atoms with Gasteiger partial charge in [0.25, 0.3) is 0 Å². The third-order valence-electron chi connectivity index (χ3n) is 6.78. The van der Waals surface area contributed by atoms with Crippen molar-refractivity contribution < 1.29 is 4.79 Å². The van der Waals surface area contributed by atoms with Gasteiger partial charge < -0.3 is 11.1 Å². The average molecular weight is 439 g/mol. The Labute approximate surface area is 196 Å². The first-order chi connectivity index (χ1) is 15.2. The maximum absolute atomic E-state index is 12.0. The van der Waals surface area contributed by atoms with E-state index in [1.807, 2.05) is 0 Å². The summed E-state index contributed by atoms with van der Waals surface area (Å²) in [5.74, 6) is 0.183. The molecule has 0 saturated heterocycles. The Morgan fingerprint density at radius 3 is 1.26 bits per heavy atom. The molecule has 3 heteroatoms. The summed E-state index contributed by atoms with van der Waals surface area (Å²) >= 11 is 0. The normalized spacial score (nSPS) is 13.3. The van der Waals surface area contributed by atoms with Crippen molar-refractivity contribution in [3.05, 3.63) is 0 Å². The van der Waals surface area contributed by atoms with E-state index < -0.39 is 0 Å². The first-order valence-electron chi connectivity index (χ1n) is 14.2. The van der Waals surface area contributed by atoms with E-state index in [9.17, 15) is 4.79 Å². The maximum Gasteiger partial charge on any atom is 0.220 e. The van der Waals surface area contributed by atoms with E-state index in [-0.39, 0.29) is 18.0 Å². The number of unbranched alkanes of at least 4 members (excludes halogenated alkanes) is 18. The molecule has 0 aliphatic heterocycles. The van der Waals surface area contributed by atoms with E-state index in [0.717, 1.165) is 19.3 Å². The lowest BCUT2D eigenvalue weighted by Gasteiger charge is -2.22. The molecule has 3 nitrogen and oxygen atoms in total. The SMILES string of the molecule is CCCCCCCCCCCCCCCCCCCCCC(=O)NC(CC)C(N)CC. The van der Waals surface area contributed by atoms with Crippen molar-refractivity contribution in [3.63, 3.8) is 0 Å². The van der Waals surface area contributed by atoms with Crippen LogP contribution in [0.5, 0.6) is 0 Å². The zero-order chi connectivity index (χ0) is 23.0. The summed E-state index contributed by atoms with van der Waals surface area (Å²) in [6.07, 6.45) is 28.7. The number of nitrogens with two attached hydrogens (primary N) is 1. The van der Waals surface area contributed by atoms with Crippen LogP contribution in [0, 0.1) is 0 Å². The van der Waals surface area contributed by atoms with Crippen LogP contribution in [0.1, 0.15) is 162 Å². The van der Waals surface area contributed by atoms with Gasteiger partial charge in [-0.3, -0.25) is 4.79 Å². The summed E-state index contributed by atoms with van der Waals surface area (Å²) in [6.45, 7) is 6.47. The minimum Gasteiger partial charge on any atom is -0.352 e. The molecular formula is C28H58N2O. The van der Waals surface area contributed by atoms with Crippen LogP contribution in [-0.2, 0) is 4.79 Å². The van der Waals surface area contributed by atoms with Gasteiger partial charge in [0.05, 0.1) is 0 Å². The quantitative estimate of drug-likeness (QED) is 0.148. The van der Waals surface area contributed by atoms with Crippen LogP contribution in [0.2, 0.25) is 0 Å². The summed E-state index contributed by atoms with van der Waals surface area (Å²) in [6, 6.07) is 0.219. The molecule has 0 aromatic heterocycles. The Morgan fingerprint density at radius 2 is 0.935 bits per heavy atom. The Morgan fingerprint density at radius 1 is 0.581 bits per heavy atom. The molecule has 0 rings (SSSR count). The van der Waals surface area contributed by atoms with E-state index >= 15 is 0 Å². The van der Waals surface area contributed by atoms with Crippen molar-refractivity contribution >= 4 is 5.91 Å². The summed E-state index contributed by atoms with van der Waals surface area (Å²) in [5.41, 5.74) is 6.06. The molecule has 186 valence electrons. The fraction of sp³-hybridized carbons (Fsp3) is 0.964. The molecule has 3 N–H and O–H groups in total. The fourth-order valence-electron chi connectivity index (χ4n) is 4.44. The van der Waals surface area contributed by atoms with Crippen LogP contribution in [0.4, 0.5) is 0 Å². The highest BCUT2D eigenvalue weighted by Crippen LogP contribution is 2.15. The molecule has 0 bridgehead atoms. The van der Waals surface area contributed by atoms with Crippen LogP contribution in [0.15, 0.2) is 0 Å². The van der Waals surface area contributed by atoms with Crippen LogP contribution >= 0.6 is 0 Å². The van der Waals surface area contributed by atoms with Gasteiger partial charge in [-0.25, -0.2) is 0 Å². The summed E-state index contributed by atoms with van der Waals surface area (Å²) in [5, 5.41) is 3.11. The van der Waals surface area contributed by atoms with Gasteiger partial charge in [-0.15, -0.1) is 0 Å². The average Bonchev–Trinajstić information content (AvgIpc) is 2.78. The third kappa shape index (κ3) is 21.1. The van der Waals surface area contributed by atoms with E-state index in [4.69, 9.17) is 5.73 Å². The van der Waals surface area contributed by atoms with Gasteiger partial charge in [-0.05, 0) is 19.3 Å². The van der Waals surface area contributed by atoms with Gasteiger partial charge in [-0.1, -0.05) is 136 Å². The molecule has 2 unspecified atom stereocenters. The van der Waals surface area contributed by atoms with Crippen molar-refractivity contribution in [1.29, 1.82) is 0 Å². The lowest BCUT2D eigenvalue weighted by Crippen LogP contribution is -2.46. The van der Waals surface area contributed by atoms with E-state index in [1.165, 1.54) is 116 Å². The van der Waals surface area contributed by atoms with Gasteiger partial charge in [0, 0.05) is 18.5 Å². The number of amides is 1. The van der Waals surface area contributed by atoms with Crippen molar-refractivity contribution in [3.8, 4) is 0 Å². The van der Waals surface area contributed by atoms with Crippen LogP contribution in [0.3, 0.4) is 0 Å². The smallest absolute Gasteiger partial charge is 0.220 e. The molecule has 0 aliphatic rings. The largest absolute Gasteiger partial charge is 0.352 e. The first kappa shape index (κ1) is 30.4. The minimum absolute atomic E-state index is 0.0825. The van der Waals surface area contributed by atoms with Gasteiger partial charge in [0.2, 0.25) is 5.91 Å². The van der Waals surface area contributed by atoms with Gasteiger partial charge in [0.15, 0.2) is 0 Å². The lowest BCUT2D eigenvalue weighted by atomic mass is 10.0. The monoisotopic (exact) mass is 438 g/mol. The maximum atomic E-state index is 12.0. The highest BCUT2D eigenvalue weighted by Gasteiger charge is 2.16. The molecule has 0 fully saturated rings. The van der Waals surface area contributed by atoms with Gasteiger partial charge in [-0.2, -0.15) is 0 Å². The fourth-order valence-corrected chi connectivity index (χ4v) is 4.44. The van der Waals surface area contributed by atoms with E-state index in [2.05, 4.69) is 26.1 Å². The Bertz CT molecular complexity index is 372. The molecular weight excluding hydrogens is 380 g/mol. The predicted octanol–water partition coefficient (Wildman–Crippen LogP) is 8.44. The number of hydrogen-bond acceptors (Lipinski definition) is 2. The molecule has 31 heavy (non-hydrogen) atoms. The number of rotatable bonds is 24. The molecule has 0 heterocycles. The van der Waals surface area contributed by atoms with Crippen molar-refractivity contribution in [2.24, 2.45) is 5.73 Å². The number of carbonyl (C=O) groups is 1. The highest BCUT2D eigenvalue weighted by atomic mass is 16.1. The predicted molar refractivity (Wildman–Crippen MR) is 139 cm³/mol. The standard InChI is InChI=1S/C28H58N2O/c1-4-7-8-9-10-11-12-13-14-15-16-17-18-19-20-21-22-23-24-25-28(31)30-27(6-3)26(29)5-2/h26-27H,4-25,29H2,1-3H3,(H,30,31). The Balaban J connectivity index is 3.25. The second-order valence-electron chi connectivity index (χ2n) is 9.77. The number of hydrogen-bond donors (Lipinski definition) is 2. The summed E-state index contributed by atoms with van der Waals surface area (Å²) < 4.78 is 0. The Hall–Kier alpha value is -0.570. The topological polar surface area (TPSA) is 55.1 Å². The highest BCUT2D eigenvalue weighted by molar-refractivity contribution is 5.76. The Kier molecular flexibility index (Phi) is 23.6. The zero-order valence-electron chi connectivity index (χ0n) is 21.7. The zero-order valence-corrected chi connectivity index (χ0v) is 21.7. The van der Waals surface area contributed by atoms with Crippen LogP contribution in [0.25, 0.3) is 0 Å². The van der Waals surface area contributed by atoms with Crippen LogP contribution in [-0.4, -0.2) is 18.0 Å². The molecule has 1 amide bonds. The van der Waals surface area contributed by atoms with Crippen LogP contribution < -0.4 is 11.1 Å². The molecule has 0 radical (unpaired) electrons. The third-order valence-corrected chi connectivity index (χ3v) is 6.78. The van der Waals surface area contributed by atoms with Crippen molar-refractivity contribution in [1.82, 2.24) is 5.32 Å². The lowest BCUT2D eigenvalue weighted by molar-refractivity contribution is -0.122. The van der Waals surface area contributed by atoms with E-state index in [1.54, 1.807) is 0 Å². The molecule has 0 aliphatic carbocycles. The second kappa shape index (κ2) is 24.1. The van der Waals surface area contributed by atoms with Crippen molar-refractivity contribution in [2.45, 2.75) is 174 Å². The molecule has 0 aromatic carbocycles. The van der Waals surface area contributed by atoms with Gasteiger partial charge in [0.1, 0.15) is 0 Å². The molecule has 0 spiro atoms. The number of nitrogens with one attached hydrogen (secondary N) is 1. The second-order valence-corrected chi connectivity index (χ2v) is 9.77. The summed E-state index contributed by atoms with van der Waals surface area (Å²) in [7, 11) is 0. The van der Waals surface area contributed by atoms with E-state index in [0.29, 0.717) is 6.42 Å².